The topological polar surface area (TPSA) is 3.24 Å². The fraction of sp³-hybridized carbons (Fsp3) is 0.462. The van der Waals surface area contributed by atoms with Crippen LogP contribution in [0.1, 0.15) is 26.3 Å². The van der Waals surface area contributed by atoms with Crippen LogP contribution in [0.2, 0.25) is 0 Å². The molecule has 0 aliphatic heterocycles. The average Bonchev–Trinajstić information content (AvgIpc) is 2.18. The van der Waals surface area contributed by atoms with E-state index < -0.39 is 0 Å². The highest BCUT2D eigenvalue weighted by Gasteiger charge is 2.08. The van der Waals surface area contributed by atoms with Crippen LogP contribution in [0.15, 0.2) is 24.3 Å². The van der Waals surface area contributed by atoms with Crippen LogP contribution < -0.4 is 4.90 Å². The number of benzene rings is 1. The van der Waals surface area contributed by atoms with E-state index in [0.29, 0.717) is 6.04 Å². The SMILES string of the molecule is C[CH]Cc1ccccc1N(C)C(C)C. The number of hydrogen-bond donors (Lipinski definition) is 0. The summed E-state index contributed by atoms with van der Waals surface area (Å²) >= 11 is 0. The molecule has 1 heteroatoms. The first-order chi connectivity index (χ1) is 6.66. The second-order valence-corrected chi connectivity index (χ2v) is 3.95. The maximum absolute atomic E-state index is 2.32. The normalized spacial score (nSPS) is 10.6. The van der Waals surface area contributed by atoms with Crippen molar-refractivity contribution >= 4 is 5.69 Å². The molecule has 0 atom stereocenters. The van der Waals surface area contributed by atoms with Crippen molar-refractivity contribution in [3.8, 4) is 0 Å². The molecule has 1 rings (SSSR count). The first-order valence-corrected chi connectivity index (χ1v) is 5.25. The zero-order valence-corrected chi connectivity index (χ0v) is 9.62. The third-order valence-electron chi connectivity index (χ3n) is 2.57. The number of nitrogens with zero attached hydrogens (tertiary/aromatic N) is 1. The molecule has 14 heavy (non-hydrogen) atoms. The van der Waals surface area contributed by atoms with Gasteiger partial charge in [-0.3, -0.25) is 0 Å². The Balaban J connectivity index is 2.94. The van der Waals surface area contributed by atoms with E-state index >= 15 is 0 Å². The van der Waals surface area contributed by atoms with Crippen molar-refractivity contribution in [1.29, 1.82) is 0 Å². The molecule has 1 nitrogen and oxygen atoms in total. The largest absolute Gasteiger partial charge is 0.372 e. The summed E-state index contributed by atoms with van der Waals surface area (Å²) in [5, 5.41) is 0. The number of para-hydroxylation sites is 1. The molecule has 0 saturated carbocycles. The summed E-state index contributed by atoms with van der Waals surface area (Å²) in [7, 11) is 2.15. The van der Waals surface area contributed by atoms with E-state index in [9.17, 15) is 0 Å². The fourth-order valence-electron chi connectivity index (χ4n) is 1.53. The van der Waals surface area contributed by atoms with Crippen LogP contribution in [0, 0.1) is 6.42 Å². The molecule has 0 saturated heterocycles. The molecular weight excluding hydrogens is 170 g/mol. The lowest BCUT2D eigenvalue weighted by Gasteiger charge is -2.26. The highest BCUT2D eigenvalue weighted by atomic mass is 15.1. The van der Waals surface area contributed by atoms with E-state index in [1.54, 1.807) is 0 Å². The van der Waals surface area contributed by atoms with E-state index in [4.69, 9.17) is 0 Å². The van der Waals surface area contributed by atoms with Gasteiger partial charge in [0.1, 0.15) is 0 Å². The predicted molar refractivity (Wildman–Crippen MR) is 63.7 cm³/mol. The Morgan fingerprint density at radius 3 is 2.50 bits per heavy atom. The van der Waals surface area contributed by atoms with Crippen LogP contribution >= 0.6 is 0 Å². The lowest BCUT2D eigenvalue weighted by Crippen LogP contribution is -2.26. The molecule has 0 N–H and O–H groups in total. The fourth-order valence-corrected chi connectivity index (χ4v) is 1.53. The lowest BCUT2D eigenvalue weighted by molar-refractivity contribution is 0.750. The van der Waals surface area contributed by atoms with E-state index in [1.807, 2.05) is 0 Å². The van der Waals surface area contributed by atoms with Gasteiger partial charge in [0.25, 0.3) is 0 Å². The zero-order chi connectivity index (χ0) is 10.6. The monoisotopic (exact) mass is 190 g/mol. The molecule has 0 fully saturated rings. The maximum Gasteiger partial charge on any atom is 0.0398 e. The Bertz CT molecular complexity index is 278. The van der Waals surface area contributed by atoms with E-state index in [1.165, 1.54) is 11.3 Å². The summed E-state index contributed by atoms with van der Waals surface area (Å²) in [4.78, 5) is 2.32. The predicted octanol–water partition coefficient (Wildman–Crippen LogP) is 3.30. The number of rotatable bonds is 4. The minimum atomic E-state index is 0.549. The van der Waals surface area contributed by atoms with Gasteiger partial charge in [-0.05, 0) is 38.3 Å². The molecule has 77 valence electrons. The van der Waals surface area contributed by atoms with Gasteiger partial charge in [0.05, 0.1) is 0 Å². The van der Waals surface area contributed by atoms with Crippen molar-refractivity contribution in [2.45, 2.75) is 33.2 Å². The van der Waals surface area contributed by atoms with Gasteiger partial charge in [-0.2, -0.15) is 0 Å². The van der Waals surface area contributed by atoms with Gasteiger partial charge in [0, 0.05) is 18.8 Å². The highest BCUT2D eigenvalue weighted by molar-refractivity contribution is 5.54. The van der Waals surface area contributed by atoms with Crippen LogP contribution in [0.5, 0.6) is 0 Å². The van der Waals surface area contributed by atoms with Gasteiger partial charge >= 0.3 is 0 Å². The van der Waals surface area contributed by atoms with Crippen LogP contribution in [0.4, 0.5) is 5.69 Å². The van der Waals surface area contributed by atoms with Crippen molar-refractivity contribution in [1.82, 2.24) is 0 Å². The smallest absolute Gasteiger partial charge is 0.0398 e. The highest BCUT2D eigenvalue weighted by Crippen LogP contribution is 2.21. The van der Waals surface area contributed by atoms with Gasteiger partial charge < -0.3 is 4.90 Å². The molecule has 0 heterocycles. The summed E-state index contributed by atoms with van der Waals surface area (Å²) in [5.74, 6) is 0. The number of hydrogen-bond acceptors (Lipinski definition) is 1. The van der Waals surface area contributed by atoms with E-state index in [2.05, 4.69) is 63.4 Å². The number of anilines is 1. The average molecular weight is 190 g/mol. The minimum absolute atomic E-state index is 0.549. The van der Waals surface area contributed by atoms with Gasteiger partial charge in [-0.15, -0.1) is 0 Å². The summed E-state index contributed by atoms with van der Waals surface area (Å²) < 4.78 is 0. The summed E-state index contributed by atoms with van der Waals surface area (Å²) in [6.07, 6.45) is 3.25. The summed E-state index contributed by atoms with van der Waals surface area (Å²) in [5.41, 5.74) is 2.76. The van der Waals surface area contributed by atoms with Crippen molar-refractivity contribution in [2.24, 2.45) is 0 Å². The van der Waals surface area contributed by atoms with E-state index in [0.717, 1.165) is 6.42 Å². The molecule has 0 bridgehead atoms. The van der Waals surface area contributed by atoms with Gasteiger partial charge in [-0.25, -0.2) is 0 Å². The third kappa shape index (κ3) is 2.50. The van der Waals surface area contributed by atoms with Crippen molar-refractivity contribution in [3.05, 3.63) is 36.2 Å². The quantitative estimate of drug-likeness (QED) is 0.704. The van der Waals surface area contributed by atoms with Crippen LogP contribution in [-0.4, -0.2) is 13.1 Å². The molecule has 0 aromatic heterocycles. The second-order valence-electron chi connectivity index (χ2n) is 3.95. The first-order valence-electron chi connectivity index (χ1n) is 5.25. The van der Waals surface area contributed by atoms with Crippen molar-refractivity contribution in [3.63, 3.8) is 0 Å². The Morgan fingerprint density at radius 2 is 1.93 bits per heavy atom. The van der Waals surface area contributed by atoms with Crippen LogP contribution in [0.25, 0.3) is 0 Å². The molecular formula is C13H20N. The Hall–Kier alpha value is -0.980. The molecule has 1 radical (unpaired) electrons. The summed E-state index contributed by atoms with van der Waals surface area (Å²) in [6.45, 7) is 6.53. The Kier molecular flexibility index (Phi) is 3.99. The van der Waals surface area contributed by atoms with Crippen molar-refractivity contribution in [2.75, 3.05) is 11.9 Å². The molecule has 1 aromatic rings. The first kappa shape index (κ1) is 11.1. The second kappa shape index (κ2) is 5.04. The zero-order valence-electron chi connectivity index (χ0n) is 9.62. The Labute approximate surface area is 87.7 Å². The van der Waals surface area contributed by atoms with Gasteiger partial charge in [-0.1, -0.05) is 25.1 Å². The van der Waals surface area contributed by atoms with Crippen molar-refractivity contribution < 1.29 is 0 Å². The minimum Gasteiger partial charge on any atom is -0.372 e. The third-order valence-corrected chi connectivity index (χ3v) is 2.57. The molecule has 0 aliphatic rings. The van der Waals surface area contributed by atoms with Crippen LogP contribution in [-0.2, 0) is 6.42 Å². The molecule has 1 aromatic carbocycles. The molecule has 0 amide bonds. The maximum atomic E-state index is 2.32. The van der Waals surface area contributed by atoms with Crippen LogP contribution in [0.3, 0.4) is 0 Å². The summed E-state index contributed by atoms with van der Waals surface area (Å²) in [6, 6.07) is 9.16. The molecule has 0 spiro atoms. The lowest BCUT2D eigenvalue weighted by atomic mass is 10.1. The standard InChI is InChI=1S/C13H20N/c1-5-8-12-9-6-7-10-13(12)14(4)11(2)3/h5-7,9-11H,8H2,1-4H3. The van der Waals surface area contributed by atoms with E-state index in [-0.39, 0.29) is 0 Å². The molecule has 0 aliphatic carbocycles. The van der Waals surface area contributed by atoms with Gasteiger partial charge in [0.2, 0.25) is 0 Å². The van der Waals surface area contributed by atoms with Gasteiger partial charge in [0.15, 0.2) is 0 Å². The molecule has 0 unspecified atom stereocenters. The Morgan fingerprint density at radius 1 is 1.29 bits per heavy atom.